The van der Waals surface area contributed by atoms with Crippen molar-refractivity contribution < 1.29 is 4.79 Å². The van der Waals surface area contributed by atoms with Crippen LogP contribution in [0, 0.1) is 11.8 Å². The Kier molecular flexibility index (Phi) is 4.06. The molecule has 3 heterocycles. The molecule has 140 valence electrons. The van der Waals surface area contributed by atoms with Crippen LogP contribution in [-0.4, -0.2) is 38.3 Å². The Labute approximate surface area is 159 Å². The van der Waals surface area contributed by atoms with Gasteiger partial charge in [-0.2, -0.15) is 0 Å². The molecule has 27 heavy (non-hydrogen) atoms. The van der Waals surface area contributed by atoms with Gasteiger partial charge in [-0.3, -0.25) is 9.78 Å². The lowest BCUT2D eigenvalue weighted by molar-refractivity contribution is -0.129. The lowest BCUT2D eigenvalue weighted by Crippen LogP contribution is -2.36. The summed E-state index contributed by atoms with van der Waals surface area (Å²) < 4.78 is 0. The van der Waals surface area contributed by atoms with Crippen molar-refractivity contribution in [1.29, 1.82) is 0 Å². The number of hydrogen-bond donors (Lipinski definition) is 1. The Balaban J connectivity index is 1.52. The van der Waals surface area contributed by atoms with Crippen LogP contribution in [0.25, 0.3) is 11.5 Å². The van der Waals surface area contributed by atoms with Crippen molar-refractivity contribution in [2.24, 2.45) is 11.8 Å². The number of carbonyl (C=O) groups is 1. The topological polar surface area (TPSA) is 71.0 Å². The first-order valence-electron chi connectivity index (χ1n) is 10.0. The first-order chi connectivity index (χ1) is 13.2. The van der Waals surface area contributed by atoms with Crippen molar-refractivity contribution in [3.8, 4) is 11.5 Å². The number of fused-ring (bicyclic) bond motifs is 3. The van der Waals surface area contributed by atoms with E-state index in [0.717, 1.165) is 42.0 Å². The molecule has 1 amide bonds. The van der Waals surface area contributed by atoms with E-state index in [1.54, 1.807) is 13.1 Å². The number of aromatic nitrogens is 3. The third-order valence-corrected chi connectivity index (χ3v) is 6.46. The summed E-state index contributed by atoms with van der Waals surface area (Å²) in [5.41, 5.74) is 2.91. The number of amides is 1. The number of rotatable bonds is 3. The summed E-state index contributed by atoms with van der Waals surface area (Å²) in [4.78, 5) is 27.8. The molecule has 0 saturated heterocycles. The minimum absolute atomic E-state index is 0.0984. The highest BCUT2D eigenvalue weighted by Gasteiger charge is 2.40. The van der Waals surface area contributed by atoms with Crippen LogP contribution in [-0.2, 0) is 17.8 Å². The van der Waals surface area contributed by atoms with Gasteiger partial charge in [-0.05, 0) is 49.7 Å². The van der Waals surface area contributed by atoms with Gasteiger partial charge in [0.15, 0.2) is 5.82 Å². The summed E-state index contributed by atoms with van der Waals surface area (Å²) >= 11 is 0. The molecule has 2 aliphatic carbocycles. The maximum Gasteiger partial charge on any atom is 0.219 e. The summed E-state index contributed by atoms with van der Waals surface area (Å²) in [5.74, 6) is 3.36. The molecular formula is C21H25N5O. The van der Waals surface area contributed by atoms with E-state index >= 15 is 0 Å². The number of pyridine rings is 1. The van der Waals surface area contributed by atoms with Crippen LogP contribution in [0.4, 0.5) is 5.82 Å². The molecule has 5 rings (SSSR count). The van der Waals surface area contributed by atoms with Crippen molar-refractivity contribution in [3.05, 3.63) is 35.7 Å². The zero-order chi connectivity index (χ0) is 18.4. The smallest absolute Gasteiger partial charge is 0.219 e. The largest absolute Gasteiger partial charge is 0.367 e. The van der Waals surface area contributed by atoms with Crippen molar-refractivity contribution in [3.63, 3.8) is 0 Å². The minimum atomic E-state index is 0.0984. The lowest BCUT2D eigenvalue weighted by Gasteiger charge is -2.30. The standard InChI is InChI=1S/C21H25N5O/c1-13(27)26-9-7-16-19(12-26)24-21(17-4-2-3-8-22-17)25-20(16)23-18-11-14-5-6-15(18)10-14/h2-4,8,14-15,18H,5-7,9-12H2,1H3,(H,23,24,25)/t14-,15+,18+/m0/s1. The molecule has 2 fully saturated rings. The van der Waals surface area contributed by atoms with Crippen LogP contribution in [0.5, 0.6) is 0 Å². The maximum absolute atomic E-state index is 11.9. The Morgan fingerprint density at radius 2 is 2.15 bits per heavy atom. The van der Waals surface area contributed by atoms with Gasteiger partial charge in [0.05, 0.1) is 12.2 Å². The van der Waals surface area contributed by atoms with Gasteiger partial charge in [0.1, 0.15) is 11.5 Å². The van der Waals surface area contributed by atoms with Crippen LogP contribution in [0.1, 0.15) is 43.9 Å². The Morgan fingerprint density at radius 3 is 2.85 bits per heavy atom. The van der Waals surface area contributed by atoms with Gasteiger partial charge in [-0.1, -0.05) is 12.5 Å². The second kappa shape index (κ2) is 6.59. The van der Waals surface area contributed by atoms with E-state index in [-0.39, 0.29) is 5.91 Å². The molecular weight excluding hydrogens is 338 g/mol. The number of nitrogens with zero attached hydrogens (tertiary/aromatic N) is 4. The summed E-state index contributed by atoms with van der Waals surface area (Å²) in [6.45, 7) is 2.92. The molecule has 2 saturated carbocycles. The molecule has 2 aromatic rings. The van der Waals surface area contributed by atoms with Crippen molar-refractivity contribution in [1.82, 2.24) is 19.9 Å². The Bertz CT molecular complexity index is 868. The third-order valence-electron chi connectivity index (χ3n) is 6.46. The van der Waals surface area contributed by atoms with Crippen LogP contribution < -0.4 is 5.32 Å². The SMILES string of the molecule is CC(=O)N1CCc2c(nc(-c3ccccn3)nc2N[C@@H]2C[C@H]3CC[C@@H]2C3)C1. The summed E-state index contributed by atoms with van der Waals surface area (Å²) in [6.07, 6.45) is 7.90. The van der Waals surface area contributed by atoms with E-state index in [0.29, 0.717) is 18.4 Å². The van der Waals surface area contributed by atoms with Crippen molar-refractivity contribution >= 4 is 11.7 Å². The van der Waals surface area contributed by atoms with Crippen molar-refractivity contribution in [2.75, 3.05) is 11.9 Å². The monoisotopic (exact) mass is 363 g/mol. The van der Waals surface area contributed by atoms with Gasteiger partial charge in [-0.15, -0.1) is 0 Å². The Hall–Kier alpha value is -2.50. The Morgan fingerprint density at radius 1 is 1.22 bits per heavy atom. The van der Waals surface area contributed by atoms with Gasteiger partial charge >= 0.3 is 0 Å². The normalized spacial score (nSPS) is 26.1. The van der Waals surface area contributed by atoms with E-state index < -0.39 is 0 Å². The highest BCUT2D eigenvalue weighted by atomic mass is 16.2. The van der Waals surface area contributed by atoms with Crippen LogP contribution in [0.3, 0.4) is 0 Å². The summed E-state index contributed by atoms with van der Waals surface area (Å²) in [6, 6.07) is 6.31. The number of hydrogen-bond acceptors (Lipinski definition) is 5. The van der Waals surface area contributed by atoms with E-state index in [9.17, 15) is 4.79 Å². The quantitative estimate of drug-likeness (QED) is 0.907. The molecule has 1 N–H and O–H groups in total. The average Bonchev–Trinajstić information content (AvgIpc) is 3.31. The maximum atomic E-state index is 11.9. The second-order valence-corrected chi connectivity index (χ2v) is 8.15. The molecule has 0 aromatic carbocycles. The average molecular weight is 363 g/mol. The first kappa shape index (κ1) is 16.7. The molecule has 2 bridgehead atoms. The van der Waals surface area contributed by atoms with E-state index in [4.69, 9.17) is 9.97 Å². The minimum Gasteiger partial charge on any atom is -0.367 e. The van der Waals surface area contributed by atoms with E-state index in [1.807, 2.05) is 23.1 Å². The summed E-state index contributed by atoms with van der Waals surface area (Å²) in [5, 5.41) is 3.77. The van der Waals surface area contributed by atoms with E-state index in [1.165, 1.54) is 31.2 Å². The molecule has 2 aromatic heterocycles. The zero-order valence-corrected chi connectivity index (χ0v) is 15.7. The molecule has 1 aliphatic heterocycles. The number of carbonyl (C=O) groups excluding carboxylic acids is 1. The zero-order valence-electron chi connectivity index (χ0n) is 15.7. The van der Waals surface area contributed by atoms with Crippen molar-refractivity contribution in [2.45, 2.75) is 51.6 Å². The predicted molar refractivity (Wildman–Crippen MR) is 103 cm³/mol. The second-order valence-electron chi connectivity index (χ2n) is 8.15. The molecule has 6 nitrogen and oxygen atoms in total. The molecule has 0 unspecified atom stereocenters. The lowest BCUT2D eigenvalue weighted by atomic mass is 9.95. The van der Waals surface area contributed by atoms with Gasteiger partial charge in [0.25, 0.3) is 0 Å². The van der Waals surface area contributed by atoms with Crippen LogP contribution in [0.2, 0.25) is 0 Å². The van der Waals surface area contributed by atoms with Gasteiger partial charge < -0.3 is 10.2 Å². The number of nitrogens with one attached hydrogen (secondary N) is 1. The first-order valence-corrected chi connectivity index (χ1v) is 10.0. The fraction of sp³-hybridized carbons (Fsp3) is 0.524. The van der Waals surface area contributed by atoms with Gasteiger partial charge in [0, 0.05) is 31.3 Å². The van der Waals surface area contributed by atoms with E-state index in [2.05, 4.69) is 10.3 Å². The fourth-order valence-electron chi connectivity index (χ4n) is 5.03. The molecule has 6 heteroatoms. The number of anilines is 1. The molecule has 3 aliphatic rings. The highest BCUT2D eigenvalue weighted by molar-refractivity contribution is 5.74. The predicted octanol–water partition coefficient (Wildman–Crippen LogP) is 3.04. The third kappa shape index (κ3) is 3.07. The molecule has 0 radical (unpaired) electrons. The summed E-state index contributed by atoms with van der Waals surface area (Å²) in [7, 11) is 0. The van der Waals surface area contributed by atoms with Crippen LogP contribution in [0.15, 0.2) is 24.4 Å². The van der Waals surface area contributed by atoms with Gasteiger partial charge in [0.2, 0.25) is 5.91 Å². The van der Waals surface area contributed by atoms with Gasteiger partial charge in [-0.25, -0.2) is 9.97 Å². The highest BCUT2D eigenvalue weighted by Crippen LogP contribution is 2.45. The fourth-order valence-corrected chi connectivity index (χ4v) is 5.03. The molecule has 3 atom stereocenters. The van der Waals surface area contributed by atoms with Crippen LogP contribution >= 0.6 is 0 Å². The molecule has 0 spiro atoms.